The molecule has 0 aliphatic carbocycles. The normalized spacial score (nSPS) is 13.7. The fraction of sp³-hybridized carbons (Fsp3) is 0.385. The number of aryl methyl sites for hydroxylation is 1. The number of nitrogens with one attached hydrogen (secondary N) is 1. The molecule has 19 heavy (non-hydrogen) atoms. The number of phenolic OH excluding ortho intramolecular Hbond substituents is 1. The SMILES string of the molecule is C[C@@H](N[C@@H](CCc1cccc(O)c1)C(=O)O)C(=O)O. The van der Waals surface area contributed by atoms with Crippen LogP contribution >= 0.6 is 0 Å². The summed E-state index contributed by atoms with van der Waals surface area (Å²) in [6.45, 7) is 1.40. The third-order valence-electron chi connectivity index (χ3n) is 2.75. The first-order valence-electron chi connectivity index (χ1n) is 5.89. The second-order valence-corrected chi connectivity index (χ2v) is 4.33. The third kappa shape index (κ3) is 4.97. The Morgan fingerprint density at radius 3 is 2.47 bits per heavy atom. The van der Waals surface area contributed by atoms with Gasteiger partial charge in [-0.3, -0.25) is 14.9 Å². The summed E-state index contributed by atoms with van der Waals surface area (Å²) in [5, 5.41) is 29.6. The van der Waals surface area contributed by atoms with Gasteiger partial charge in [0, 0.05) is 0 Å². The van der Waals surface area contributed by atoms with Crippen LogP contribution in [0.3, 0.4) is 0 Å². The summed E-state index contributed by atoms with van der Waals surface area (Å²) in [4.78, 5) is 21.7. The topological polar surface area (TPSA) is 107 Å². The van der Waals surface area contributed by atoms with E-state index in [1.807, 2.05) is 0 Å². The molecule has 0 heterocycles. The fourth-order valence-corrected chi connectivity index (χ4v) is 1.67. The van der Waals surface area contributed by atoms with Gasteiger partial charge in [-0.05, 0) is 37.5 Å². The van der Waals surface area contributed by atoms with Crippen LogP contribution in [0.5, 0.6) is 5.75 Å². The molecule has 1 aromatic rings. The molecule has 0 aliphatic heterocycles. The first-order chi connectivity index (χ1) is 8.90. The van der Waals surface area contributed by atoms with E-state index in [0.29, 0.717) is 6.42 Å². The summed E-state index contributed by atoms with van der Waals surface area (Å²) in [6, 6.07) is 4.67. The van der Waals surface area contributed by atoms with Crippen LogP contribution in [-0.4, -0.2) is 39.3 Å². The smallest absolute Gasteiger partial charge is 0.320 e. The number of hydrogen-bond acceptors (Lipinski definition) is 4. The number of carboxylic acids is 2. The van der Waals surface area contributed by atoms with E-state index >= 15 is 0 Å². The van der Waals surface area contributed by atoms with Crippen molar-refractivity contribution >= 4 is 11.9 Å². The van der Waals surface area contributed by atoms with E-state index in [1.165, 1.54) is 13.0 Å². The lowest BCUT2D eigenvalue weighted by Crippen LogP contribution is -2.45. The number of carboxylic acid groups (broad SMARTS) is 2. The van der Waals surface area contributed by atoms with Crippen molar-refractivity contribution in [3.63, 3.8) is 0 Å². The first-order valence-corrected chi connectivity index (χ1v) is 5.89. The van der Waals surface area contributed by atoms with Crippen LogP contribution in [0.15, 0.2) is 24.3 Å². The zero-order valence-corrected chi connectivity index (χ0v) is 10.5. The Morgan fingerprint density at radius 1 is 1.26 bits per heavy atom. The van der Waals surface area contributed by atoms with Gasteiger partial charge in [0.25, 0.3) is 0 Å². The Balaban J connectivity index is 2.59. The Bertz CT molecular complexity index is 460. The predicted octanol–water partition coefficient (Wildman–Crippen LogP) is 0.841. The van der Waals surface area contributed by atoms with Crippen LogP contribution in [-0.2, 0) is 16.0 Å². The number of phenols is 1. The largest absolute Gasteiger partial charge is 0.508 e. The zero-order chi connectivity index (χ0) is 14.4. The highest BCUT2D eigenvalue weighted by molar-refractivity contribution is 5.77. The first kappa shape index (κ1) is 15.0. The second kappa shape index (κ2) is 6.75. The Hall–Kier alpha value is -2.08. The Labute approximate surface area is 110 Å². The summed E-state index contributed by atoms with van der Waals surface area (Å²) in [7, 11) is 0. The molecule has 0 unspecified atom stereocenters. The molecule has 1 aromatic carbocycles. The van der Waals surface area contributed by atoms with Gasteiger partial charge in [0.1, 0.15) is 17.8 Å². The average Bonchev–Trinajstić information content (AvgIpc) is 2.33. The Morgan fingerprint density at radius 2 is 1.95 bits per heavy atom. The molecule has 104 valence electrons. The molecule has 0 radical (unpaired) electrons. The van der Waals surface area contributed by atoms with Gasteiger partial charge in [-0.25, -0.2) is 0 Å². The molecule has 0 bridgehead atoms. The molecule has 0 spiro atoms. The summed E-state index contributed by atoms with van der Waals surface area (Å²) in [5.41, 5.74) is 0.802. The summed E-state index contributed by atoms with van der Waals surface area (Å²) in [6.07, 6.45) is 0.682. The van der Waals surface area contributed by atoms with Crippen molar-refractivity contribution in [3.8, 4) is 5.75 Å². The maximum Gasteiger partial charge on any atom is 0.320 e. The van der Waals surface area contributed by atoms with E-state index in [4.69, 9.17) is 10.2 Å². The summed E-state index contributed by atoms with van der Waals surface area (Å²) in [5.74, 6) is -2.06. The van der Waals surface area contributed by atoms with Gasteiger partial charge >= 0.3 is 11.9 Å². The van der Waals surface area contributed by atoms with Gasteiger partial charge in [0.2, 0.25) is 0 Å². The van der Waals surface area contributed by atoms with Gasteiger partial charge < -0.3 is 15.3 Å². The lowest BCUT2D eigenvalue weighted by molar-refractivity contribution is -0.142. The number of hydrogen-bond donors (Lipinski definition) is 4. The van der Waals surface area contributed by atoms with Crippen molar-refractivity contribution < 1.29 is 24.9 Å². The van der Waals surface area contributed by atoms with Crippen molar-refractivity contribution in [2.75, 3.05) is 0 Å². The minimum absolute atomic E-state index is 0.122. The van der Waals surface area contributed by atoms with Crippen LogP contribution in [0.2, 0.25) is 0 Å². The third-order valence-corrected chi connectivity index (χ3v) is 2.75. The standard InChI is InChI=1S/C13H17NO5/c1-8(12(16)17)14-11(13(18)19)6-5-9-3-2-4-10(15)7-9/h2-4,7-8,11,14-15H,5-6H2,1H3,(H,16,17)(H,18,19)/t8-,11+/m1/s1. The van der Waals surface area contributed by atoms with Crippen LogP contribution < -0.4 is 5.32 Å². The molecule has 0 aromatic heterocycles. The van der Waals surface area contributed by atoms with Crippen molar-refractivity contribution in [3.05, 3.63) is 29.8 Å². The molecule has 0 fully saturated rings. The highest BCUT2D eigenvalue weighted by atomic mass is 16.4. The van der Waals surface area contributed by atoms with Crippen molar-refractivity contribution in [2.24, 2.45) is 0 Å². The lowest BCUT2D eigenvalue weighted by Gasteiger charge is -2.17. The minimum Gasteiger partial charge on any atom is -0.508 e. The Kier molecular flexibility index (Phi) is 5.32. The molecule has 0 amide bonds. The summed E-state index contributed by atoms with van der Waals surface area (Å²) < 4.78 is 0. The van der Waals surface area contributed by atoms with E-state index in [2.05, 4.69) is 5.32 Å². The van der Waals surface area contributed by atoms with E-state index in [-0.39, 0.29) is 12.2 Å². The van der Waals surface area contributed by atoms with Crippen LogP contribution in [0.4, 0.5) is 0 Å². The molecule has 4 N–H and O–H groups in total. The molecular weight excluding hydrogens is 250 g/mol. The number of benzene rings is 1. The molecule has 1 rings (SSSR count). The summed E-state index contributed by atoms with van der Waals surface area (Å²) >= 11 is 0. The highest BCUT2D eigenvalue weighted by Gasteiger charge is 2.22. The van der Waals surface area contributed by atoms with Gasteiger partial charge in [0.05, 0.1) is 0 Å². The lowest BCUT2D eigenvalue weighted by atomic mass is 10.0. The second-order valence-electron chi connectivity index (χ2n) is 4.33. The number of aliphatic carboxylic acids is 2. The number of aromatic hydroxyl groups is 1. The number of rotatable bonds is 7. The zero-order valence-electron chi connectivity index (χ0n) is 10.5. The van der Waals surface area contributed by atoms with Crippen molar-refractivity contribution in [1.82, 2.24) is 5.32 Å². The monoisotopic (exact) mass is 267 g/mol. The van der Waals surface area contributed by atoms with Gasteiger partial charge in [-0.2, -0.15) is 0 Å². The maximum absolute atomic E-state index is 11.0. The highest BCUT2D eigenvalue weighted by Crippen LogP contribution is 2.13. The van der Waals surface area contributed by atoms with E-state index in [1.54, 1.807) is 18.2 Å². The van der Waals surface area contributed by atoms with Crippen LogP contribution in [0.25, 0.3) is 0 Å². The minimum atomic E-state index is -1.09. The molecule has 6 nitrogen and oxygen atoms in total. The molecule has 0 saturated heterocycles. The molecular formula is C13H17NO5. The molecule has 2 atom stereocenters. The maximum atomic E-state index is 11.0. The predicted molar refractivity (Wildman–Crippen MR) is 68.1 cm³/mol. The van der Waals surface area contributed by atoms with Crippen molar-refractivity contribution in [2.45, 2.75) is 31.8 Å². The van der Waals surface area contributed by atoms with Crippen LogP contribution in [0.1, 0.15) is 18.9 Å². The average molecular weight is 267 g/mol. The van der Waals surface area contributed by atoms with E-state index in [0.717, 1.165) is 5.56 Å². The van der Waals surface area contributed by atoms with Gasteiger partial charge in [-0.15, -0.1) is 0 Å². The van der Waals surface area contributed by atoms with Gasteiger partial charge in [-0.1, -0.05) is 12.1 Å². The van der Waals surface area contributed by atoms with Gasteiger partial charge in [0.15, 0.2) is 0 Å². The quantitative estimate of drug-likeness (QED) is 0.583. The van der Waals surface area contributed by atoms with Crippen LogP contribution in [0, 0.1) is 0 Å². The molecule has 0 saturated carbocycles. The fourth-order valence-electron chi connectivity index (χ4n) is 1.67. The van der Waals surface area contributed by atoms with E-state index in [9.17, 15) is 14.7 Å². The molecule has 0 aliphatic rings. The van der Waals surface area contributed by atoms with E-state index < -0.39 is 24.0 Å². The van der Waals surface area contributed by atoms with Crippen molar-refractivity contribution in [1.29, 1.82) is 0 Å². The molecule has 6 heteroatoms. The number of carbonyl (C=O) groups is 2.